The SMILES string of the molecule is CC1=C(C=O)[C@@H]([C@H](C)C=O)CC1. The van der Waals surface area contributed by atoms with Crippen LogP contribution in [0.4, 0.5) is 0 Å². The smallest absolute Gasteiger partial charge is 0.146 e. The van der Waals surface area contributed by atoms with E-state index in [1.807, 2.05) is 13.8 Å². The lowest BCUT2D eigenvalue weighted by molar-refractivity contribution is -0.111. The van der Waals surface area contributed by atoms with E-state index in [1.165, 1.54) is 0 Å². The van der Waals surface area contributed by atoms with Crippen LogP contribution >= 0.6 is 0 Å². The molecule has 2 atom stereocenters. The minimum Gasteiger partial charge on any atom is -0.303 e. The Labute approximate surface area is 72.7 Å². The van der Waals surface area contributed by atoms with Crippen LogP contribution in [-0.2, 0) is 9.59 Å². The first kappa shape index (κ1) is 9.17. The van der Waals surface area contributed by atoms with Crippen molar-refractivity contribution in [2.24, 2.45) is 11.8 Å². The number of rotatable bonds is 3. The zero-order valence-corrected chi connectivity index (χ0v) is 7.54. The second kappa shape index (κ2) is 3.65. The Morgan fingerprint density at radius 2 is 2.17 bits per heavy atom. The van der Waals surface area contributed by atoms with Crippen molar-refractivity contribution in [3.8, 4) is 0 Å². The molecule has 0 saturated heterocycles. The number of carbonyl (C=O) groups is 2. The van der Waals surface area contributed by atoms with Gasteiger partial charge in [0.2, 0.25) is 0 Å². The molecule has 0 bridgehead atoms. The highest BCUT2D eigenvalue weighted by atomic mass is 16.1. The van der Waals surface area contributed by atoms with Gasteiger partial charge in [0.05, 0.1) is 0 Å². The molecule has 0 N–H and O–H groups in total. The van der Waals surface area contributed by atoms with Crippen LogP contribution < -0.4 is 0 Å². The van der Waals surface area contributed by atoms with Gasteiger partial charge in [-0.05, 0) is 31.3 Å². The van der Waals surface area contributed by atoms with Crippen molar-refractivity contribution < 1.29 is 9.59 Å². The van der Waals surface area contributed by atoms with E-state index < -0.39 is 0 Å². The lowest BCUT2D eigenvalue weighted by atomic mass is 9.89. The maximum atomic E-state index is 10.7. The van der Waals surface area contributed by atoms with Crippen molar-refractivity contribution in [1.82, 2.24) is 0 Å². The average molecular weight is 166 g/mol. The Morgan fingerprint density at radius 3 is 2.67 bits per heavy atom. The van der Waals surface area contributed by atoms with Crippen LogP contribution in [0.1, 0.15) is 26.7 Å². The number of allylic oxidation sites excluding steroid dienone is 2. The van der Waals surface area contributed by atoms with Crippen LogP contribution in [0.25, 0.3) is 0 Å². The van der Waals surface area contributed by atoms with E-state index in [9.17, 15) is 9.59 Å². The molecule has 12 heavy (non-hydrogen) atoms. The van der Waals surface area contributed by atoms with E-state index in [-0.39, 0.29) is 11.8 Å². The minimum atomic E-state index is -0.0114. The molecular formula is C10H14O2. The highest BCUT2D eigenvalue weighted by Crippen LogP contribution is 2.34. The predicted octanol–water partition coefficient (Wildman–Crippen LogP) is 1.75. The quantitative estimate of drug-likeness (QED) is 0.598. The molecule has 0 saturated carbocycles. The summed E-state index contributed by atoms with van der Waals surface area (Å²) in [5.41, 5.74) is 2.01. The third-order valence-electron chi connectivity index (χ3n) is 2.70. The van der Waals surface area contributed by atoms with Gasteiger partial charge in [0.25, 0.3) is 0 Å². The monoisotopic (exact) mass is 166 g/mol. The second-order valence-corrected chi connectivity index (χ2v) is 3.49. The summed E-state index contributed by atoms with van der Waals surface area (Å²) in [4.78, 5) is 21.2. The van der Waals surface area contributed by atoms with Crippen LogP contribution in [0.3, 0.4) is 0 Å². The van der Waals surface area contributed by atoms with Gasteiger partial charge in [-0.15, -0.1) is 0 Å². The number of hydrogen-bond acceptors (Lipinski definition) is 2. The summed E-state index contributed by atoms with van der Waals surface area (Å²) in [6, 6.07) is 0. The molecule has 0 unspecified atom stereocenters. The summed E-state index contributed by atoms with van der Waals surface area (Å²) in [6.45, 7) is 3.85. The van der Waals surface area contributed by atoms with Crippen LogP contribution in [-0.4, -0.2) is 12.6 Å². The summed E-state index contributed by atoms with van der Waals surface area (Å²) in [6.07, 6.45) is 3.77. The van der Waals surface area contributed by atoms with Gasteiger partial charge in [-0.1, -0.05) is 12.5 Å². The molecule has 2 nitrogen and oxygen atoms in total. The predicted molar refractivity (Wildman–Crippen MR) is 46.7 cm³/mol. The molecule has 1 aliphatic rings. The maximum absolute atomic E-state index is 10.7. The molecule has 0 amide bonds. The van der Waals surface area contributed by atoms with Crippen molar-refractivity contribution in [2.75, 3.05) is 0 Å². The van der Waals surface area contributed by atoms with Crippen LogP contribution in [0.2, 0.25) is 0 Å². The zero-order valence-electron chi connectivity index (χ0n) is 7.54. The van der Waals surface area contributed by atoms with Gasteiger partial charge in [-0.2, -0.15) is 0 Å². The molecule has 0 aromatic rings. The van der Waals surface area contributed by atoms with Gasteiger partial charge < -0.3 is 4.79 Å². The topological polar surface area (TPSA) is 34.1 Å². The highest BCUT2D eigenvalue weighted by molar-refractivity contribution is 5.77. The average Bonchev–Trinajstić information content (AvgIpc) is 2.45. The summed E-state index contributed by atoms with van der Waals surface area (Å²) >= 11 is 0. The molecular weight excluding hydrogens is 152 g/mol. The number of hydrogen-bond donors (Lipinski definition) is 0. The lowest BCUT2D eigenvalue weighted by Crippen LogP contribution is -2.13. The molecule has 0 fully saturated rings. The van der Waals surface area contributed by atoms with E-state index in [0.29, 0.717) is 0 Å². The van der Waals surface area contributed by atoms with Crippen molar-refractivity contribution in [3.63, 3.8) is 0 Å². The van der Waals surface area contributed by atoms with Gasteiger partial charge in [0, 0.05) is 5.92 Å². The minimum absolute atomic E-state index is 0.0114. The molecule has 1 rings (SSSR count). The first-order valence-electron chi connectivity index (χ1n) is 4.30. The Kier molecular flexibility index (Phi) is 2.79. The Hall–Kier alpha value is -0.920. The van der Waals surface area contributed by atoms with E-state index in [4.69, 9.17) is 0 Å². The fraction of sp³-hybridized carbons (Fsp3) is 0.600. The van der Waals surface area contributed by atoms with Crippen molar-refractivity contribution in [2.45, 2.75) is 26.7 Å². The van der Waals surface area contributed by atoms with E-state index in [1.54, 1.807) is 0 Å². The Bertz CT molecular complexity index is 228. The molecule has 2 heteroatoms. The Balaban J connectivity index is 2.82. The van der Waals surface area contributed by atoms with Gasteiger partial charge in [-0.25, -0.2) is 0 Å². The van der Waals surface area contributed by atoms with Crippen molar-refractivity contribution >= 4 is 12.6 Å². The second-order valence-electron chi connectivity index (χ2n) is 3.49. The number of carbonyl (C=O) groups excluding carboxylic acids is 2. The number of aldehydes is 2. The van der Waals surface area contributed by atoms with Crippen molar-refractivity contribution in [3.05, 3.63) is 11.1 Å². The first-order valence-corrected chi connectivity index (χ1v) is 4.30. The molecule has 0 aromatic carbocycles. The summed E-state index contributed by atoms with van der Waals surface area (Å²) in [5, 5.41) is 0. The van der Waals surface area contributed by atoms with Gasteiger partial charge in [-0.3, -0.25) is 4.79 Å². The van der Waals surface area contributed by atoms with E-state index in [0.717, 1.165) is 36.6 Å². The third kappa shape index (κ3) is 1.47. The lowest BCUT2D eigenvalue weighted by Gasteiger charge is -2.13. The zero-order chi connectivity index (χ0) is 9.14. The molecule has 0 radical (unpaired) electrons. The highest BCUT2D eigenvalue weighted by Gasteiger charge is 2.27. The molecule has 0 heterocycles. The fourth-order valence-corrected chi connectivity index (χ4v) is 1.82. The molecule has 1 aliphatic carbocycles. The standard InChI is InChI=1S/C10H14O2/c1-7-3-4-9(8(2)5-11)10(7)6-12/h5-6,8-9H,3-4H2,1-2H3/t8-,9-/m1/s1. The van der Waals surface area contributed by atoms with Crippen LogP contribution in [0.15, 0.2) is 11.1 Å². The summed E-state index contributed by atoms with van der Waals surface area (Å²) < 4.78 is 0. The molecule has 0 spiro atoms. The summed E-state index contributed by atoms with van der Waals surface area (Å²) in [5.74, 6) is 0.169. The summed E-state index contributed by atoms with van der Waals surface area (Å²) in [7, 11) is 0. The molecule has 0 aliphatic heterocycles. The third-order valence-corrected chi connectivity index (χ3v) is 2.70. The van der Waals surface area contributed by atoms with Crippen LogP contribution in [0, 0.1) is 11.8 Å². The fourth-order valence-electron chi connectivity index (χ4n) is 1.82. The van der Waals surface area contributed by atoms with Gasteiger partial charge >= 0.3 is 0 Å². The normalized spacial score (nSPS) is 25.7. The van der Waals surface area contributed by atoms with E-state index >= 15 is 0 Å². The van der Waals surface area contributed by atoms with Crippen LogP contribution in [0.5, 0.6) is 0 Å². The molecule has 0 aromatic heterocycles. The van der Waals surface area contributed by atoms with Gasteiger partial charge in [0.15, 0.2) is 0 Å². The van der Waals surface area contributed by atoms with Gasteiger partial charge in [0.1, 0.15) is 12.6 Å². The maximum Gasteiger partial charge on any atom is 0.146 e. The van der Waals surface area contributed by atoms with E-state index in [2.05, 4.69) is 0 Å². The largest absolute Gasteiger partial charge is 0.303 e. The Morgan fingerprint density at radius 1 is 1.50 bits per heavy atom. The molecule has 66 valence electrons. The first-order chi connectivity index (χ1) is 5.70. The van der Waals surface area contributed by atoms with Crippen molar-refractivity contribution in [1.29, 1.82) is 0 Å².